The van der Waals surface area contributed by atoms with Gasteiger partial charge in [-0.1, -0.05) is 98.4 Å². The molecular weight excluding hydrogens is 471 g/mol. The van der Waals surface area contributed by atoms with Crippen LogP contribution in [0.5, 0.6) is 0 Å². The van der Waals surface area contributed by atoms with Gasteiger partial charge in [0, 0.05) is 12.8 Å². The van der Waals surface area contributed by atoms with E-state index >= 15 is 0 Å². The van der Waals surface area contributed by atoms with Crippen molar-refractivity contribution in [1.29, 1.82) is 0 Å². The molecule has 0 amide bonds. The maximum absolute atomic E-state index is 3.48. The fourth-order valence-corrected chi connectivity index (χ4v) is 8.20. The summed E-state index contributed by atoms with van der Waals surface area (Å²) in [6.07, 6.45) is 12.4. The summed E-state index contributed by atoms with van der Waals surface area (Å²) in [7, 11) is -1.75. The van der Waals surface area contributed by atoms with E-state index in [1.165, 1.54) is 41.6 Å². The van der Waals surface area contributed by atoms with Crippen molar-refractivity contribution in [2.75, 3.05) is 6.16 Å². The maximum Gasteiger partial charge on any atom is 0.113 e. The maximum atomic E-state index is 3.48. The number of allylic oxidation sites excluding steroid dienone is 2. The lowest BCUT2D eigenvalue weighted by Crippen LogP contribution is -3.00. The van der Waals surface area contributed by atoms with Gasteiger partial charge in [0.15, 0.2) is 0 Å². The zero-order chi connectivity index (χ0) is 21.6. The predicted octanol–water partition coefficient (Wildman–Crippen LogP) is 3.90. The number of benzene rings is 3. The van der Waals surface area contributed by atoms with Gasteiger partial charge in [0.2, 0.25) is 0 Å². The van der Waals surface area contributed by atoms with E-state index in [9.17, 15) is 0 Å². The van der Waals surface area contributed by atoms with E-state index in [0.717, 1.165) is 19.0 Å². The summed E-state index contributed by atoms with van der Waals surface area (Å²) in [4.78, 5) is 0. The molecule has 0 bridgehead atoms. The topological polar surface area (TPSA) is 0 Å². The summed E-state index contributed by atoms with van der Waals surface area (Å²) < 4.78 is 0. The molecule has 0 saturated carbocycles. The molecule has 3 rings (SSSR count). The van der Waals surface area contributed by atoms with Crippen LogP contribution < -0.4 is 32.9 Å². The zero-order valence-corrected chi connectivity index (χ0v) is 21.6. The third-order valence-corrected chi connectivity index (χ3v) is 10.1. The highest BCUT2D eigenvalue weighted by molar-refractivity contribution is 7.95. The van der Waals surface area contributed by atoms with Gasteiger partial charge in [0.05, 0.1) is 6.16 Å². The molecule has 0 nitrogen and oxygen atoms in total. The Morgan fingerprint density at radius 2 is 1.16 bits per heavy atom. The summed E-state index contributed by atoms with van der Waals surface area (Å²) in [5, 5.41) is 4.31. The molecular formula is C30H34BrP. The molecule has 0 aliphatic rings. The van der Waals surface area contributed by atoms with Crippen molar-refractivity contribution in [3.8, 4) is 11.8 Å². The molecule has 2 heteroatoms. The Kier molecular flexibility index (Phi) is 12.1. The third kappa shape index (κ3) is 7.20. The number of hydrogen-bond donors (Lipinski definition) is 0. The molecule has 0 spiro atoms. The van der Waals surface area contributed by atoms with Gasteiger partial charge in [0.1, 0.15) is 23.2 Å². The molecule has 32 heavy (non-hydrogen) atoms. The van der Waals surface area contributed by atoms with Gasteiger partial charge in [-0.15, -0.1) is 0 Å². The molecule has 0 aromatic heterocycles. The van der Waals surface area contributed by atoms with Crippen LogP contribution in [0, 0.1) is 11.8 Å². The van der Waals surface area contributed by atoms with Crippen molar-refractivity contribution < 1.29 is 17.0 Å². The minimum absolute atomic E-state index is 0. The second-order valence-electron chi connectivity index (χ2n) is 7.81. The van der Waals surface area contributed by atoms with Crippen molar-refractivity contribution >= 4 is 23.2 Å². The Balaban J connectivity index is 0.00000363. The summed E-state index contributed by atoms with van der Waals surface area (Å²) in [6, 6.07) is 33.2. The van der Waals surface area contributed by atoms with Gasteiger partial charge < -0.3 is 17.0 Å². The number of unbranched alkanes of at least 4 members (excludes halogenated alkanes) is 3. The van der Waals surface area contributed by atoms with Crippen LogP contribution in [0.3, 0.4) is 0 Å². The molecule has 0 aliphatic heterocycles. The number of hydrogen-bond acceptors (Lipinski definition) is 0. The summed E-state index contributed by atoms with van der Waals surface area (Å²) in [5.74, 6) is 6.86. The van der Waals surface area contributed by atoms with Crippen LogP contribution in [-0.4, -0.2) is 6.16 Å². The molecule has 0 saturated heterocycles. The first-order chi connectivity index (χ1) is 15.4. The van der Waals surface area contributed by atoms with Crippen LogP contribution in [0.1, 0.15) is 45.4 Å². The first-order valence-corrected chi connectivity index (χ1v) is 13.5. The third-order valence-electron chi connectivity index (χ3n) is 5.65. The first kappa shape index (κ1) is 26.1. The van der Waals surface area contributed by atoms with E-state index in [0.29, 0.717) is 0 Å². The fourth-order valence-electron chi connectivity index (χ4n) is 4.04. The largest absolute Gasteiger partial charge is 1.00 e. The van der Waals surface area contributed by atoms with Crippen molar-refractivity contribution in [2.24, 2.45) is 0 Å². The Morgan fingerprint density at radius 1 is 0.656 bits per heavy atom. The van der Waals surface area contributed by atoms with Crippen LogP contribution in [0.15, 0.2) is 103 Å². The number of rotatable bonds is 10. The van der Waals surface area contributed by atoms with Crippen LogP contribution in [0.4, 0.5) is 0 Å². The molecule has 0 atom stereocenters. The summed E-state index contributed by atoms with van der Waals surface area (Å²) >= 11 is 0. The zero-order valence-electron chi connectivity index (χ0n) is 19.1. The minimum atomic E-state index is -1.75. The van der Waals surface area contributed by atoms with Crippen LogP contribution >= 0.6 is 7.26 Å². The lowest BCUT2D eigenvalue weighted by molar-refractivity contribution is -0.00000618. The average molecular weight is 505 g/mol. The highest BCUT2D eigenvalue weighted by atomic mass is 79.9. The molecule has 3 aromatic carbocycles. The second-order valence-corrected chi connectivity index (χ2v) is 11.4. The van der Waals surface area contributed by atoms with E-state index in [2.05, 4.69) is 122 Å². The molecule has 0 unspecified atom stereocenters. The second kappa shape index (κ2) is 14.8. The Hall–Kier alpha value is -2.13. The molecule has 0 aliphatic carbocycles. The van der Waals surface area contributed by atoms with Crippen LogP contribution in [0.2, 0.25) is 0 Å². The van der Waals surface area contributed by atoms with E-state index < -0.39 is 7.26 Å². The van der Waals surface area contributed by atoms with Crippen molar-refractivity contribution in [1.82, 2.24) is 0 Å². The highest BCUT2D eigenvalue weighted by Crippen LogP contribution is 2.55. The van der Waals surface area contributed by atoms with E-state index in [-0.39, 0.29) is 17.0 Å². The van der Waals surface area contributed by atoms with Gasteiger partial charge in [-0.05, 0) is 49.2 Å². The van der Waals surface area contributed by atoms with Gasteiger partial charge >= 0.3 is 0 Å². The van der Waals surface area contributed by atoms with Gasteiger partial charge in [0.25, 0.3) is 0 Å². The minimum Gasteiger partial charge on any atom is -1.00 e. The predicted molar refractivity (Wildman–Crippen MR) is 140 cm³/mol. The lowest BCUT2D eigenvalue weighted by atomic mass is 10.2. The van der Waals surface area contributed by atoms with Gasteiger partial charge in [-0.2, -0.15) is 0 Å². The SMILES string of the molecule is CCCCC/C=C/CC#CCC[P+](c1ccccc1)(c1ccccc1)c1ccccc1.[Br-]. The van der Waals surface area contributed by atoms with Crippen molar-refractivity contribution in [2.45, 2.75) is 45.4 Å². The van der Waals surface area contributed by atoms with E-state index in [4.69, 9.17) is 0 Å². The lowest BCUT2D eigenvalue weighted by Gasteiger charge is -2.27. The number of halogens is 1. The average Bonchev–Trinajstić information content (AvgIpc) is 2.84. The van der Waals surface area contributed by atoms with Crippen molar-refractivity contribution in [3.63, 3.8) is 0 Å². The molecule has 3 aromatic rings. The molecule has 0 radical (unpaired) electrons. The fraction of sp³-hybridized carbons (Fsp3) is 0.267. The molecule has 0 fully saturated rings. The van der Waals surface area contributed by atoms with E-state index in [1.807, 2.05) is 0 Å². The monoisotopic (exact) mass is 504 g/mol. The van der Waals surface area contributed by atoms with Crippen molar-refractivity contribution in [3.05, 3.63) is 103 Å². The van der Waals surface area contributed by atoms with E-state index in [1.54, 1.807) is 0 Å². The van der Waals surface area contributed by atoms with Gasteiger partial charge in [-0.25, -0.2) is 0 Å². The normalized spacial score (nSPS) is 10.9. The first-order valence-electron chi connectivity index (χ1n) is 11.5. The van der Waals surface area contributed by atoms with Crippen LogP contribution in [0.25, 0.3) is 0 Å². The Bertz CT molecular complexity index is 872. The van der Waals surface area contributed by atoms with Crippen LogP contribution in [-0.2, 0) is 0 Å². The Labute approximate surface area is 206 Å². The summed E-state index contributed by atoms with van der Waals surface area (Å²) in [6.45, 7) is 2.25. The summed E-state index contributed by atoms with van der Waals surface area (Å²) in [5.41, 5.74) is 0. The molecule has 0 N–H and O–H groups in total. The molecule has 0 heterocycles. The smallest absolute Gasteiger partial charge is 0.113 e. The molecule has 166 valence electrons. The van der Waals surface area contributed by atoms with Gasteiger partial charge in [-0.3, -0.25) is 0 Å². The Morgan fingerprint density at radius 3 is 1.62 bits per heavy atom. The highest BCUT2D eigenvalue weighted by Gasteiger charge is 2.44. The standard InChI is InChI=1S/C30H34P.BrH/c1-2-3-4-5-6-7-8-9-10-20-27-31(28-21-14-11-15-22-28,29-23-16-12-17-24-29)30-25-18-13-19-26-30;/h6-7,11-19,21-26H,2-5,8,20,27H2,1H3;1H/q+1;/p-1/b7-6+;. The quantitative estimate of drug-likeness (QED) is 0.170.